The lowest BCUT2D eigenvalue weighted by Gasteiger charge is -2.11. The third-order valence-electron chi connectivity index (χ3n) is 5.01. The molecule has 3 rings (SSSR count). The maximum atomic E-state index is 12.5. The predicted octanol–water partition coefficient (Wildman–Crippen LogP) is 4.75. The highest BCUT2D eigenvalue weighted by molar-refractivity contribution is 7.17. The number of methoxy groups -OCH3 is 1. The largest absolute Gasteiger partial charge is 0.493 e. The van der Waals surface area contributed by atoms with Gasteiger partial charge in [-0.2, -0.15) is 5.10 Å². The lowest BCUT2D eigenvalue weighted by molar-refractivity contribution is -0.120. The summed E-state index contributed by atoms with van der Waals surface area (Å²) in [5.41, 5.74) is 4.85. The fraction of sp³-hybridized carbons (Fsp3) is 0.320. The van der Waals surface area contributed by atoms with Gasteiger partial charge in [-0.1, -0.05) is 31.5 Å². The summed E-state index contributed by atoms with van der Waals surface area (Å²) in [6.07, 6.45) is 2.75. The number of carbonyl (C=O) groups excluding carboxylic acids is 2. The van der Waals surface area contributed by atoms with Crippen LogP contribution in [0.2, 0.25) is 0 Å². The maximum absolute atomic E-state index is 12.5. The normalized spacial score (nSPS) is 11.3. The van der Waals surface area contributed by atoms with E-state index in [0.29, 0.717) is 23.7 Å². The van der Waals surface area contributed by atoms with Crippen LogP contribution in [0.4, 0.5) is 0 Å². The van der Waals surface area contributed by atoms with Crippen LogP contribution >= 0.6 is 11.3 Å². The Hall–Kier alpha value is -3.39. The molecule has 0 atom stereocenters. The summed E-state index contributed by atoms with van der Waals surface area (Å²) in [6, 6.07) is 13.0. The average Bonchev–Trinajstić information content (AvgIpc) is 3.27. The van der Waals surface area contributed by atoms with Crippen LogP contribution in [0.25, 0.3) is 10.1 Å². The molecule has 2 aromatic carbocycles. The molecule has 174 valence electrons. The Morgan fingerprint density at radius 1 is 1.09 bits per heavy atom. The van der Waals surface area contributed by atoms with Crippen LogP contribution in [0, 0.1) is 0 Å². The van der Waals surface area contributed by atoms with Gasteiger partial charge in [-0.15, -0.1) is 11.3 Å². The van der Waals surface area contributed by atoms with Gasteiger partial charge in [0.25, 0.3) is 11.8 Å². The molecule has 0 fully saturated rings. The highest BCUT2D eigenvalue weighted by Crippen LogP contribution is 2.28. The summed E-state index contributed by atoms with van der Waals surface area (Å²) in [5, 5.41) is 10.2. The molecule has 0 aliphatic heterocycles. The van der Waals surface area contributed by atoms with E-state index in [4.69, 9.17) is 9.47 Å². The molecule has 0 aliphatic rings. The second-order valence-electron chi connectivity index (χ2n) is 7.32. The highest BCUT2D eigenvalue weighted by atomic mass is 32.1. The van der Waals surface area contributed by atoms with Crippen LogP contribution in [0.1, 0.15) is 49.0 Å². The summed E-state index contributed by atoms with van der Waals surface area (Å²) in [5.74, 6) is 0.245. The van der Waals surface area contributed by atoms with Crippen molar-refractivity contribution in [2.24, 2.45) is 5.10 Å². The van der Waals surface area contributed by atoms with Gasteiger partial charge in [-0.05, 0) is 44.0 Å². The number of amides is 2. The molecule has 33 heavy (non-hydrogen) atoms. The number of benzene rings is 2. The number of hydrogen-bond acceptors (Lipinski definition) is 6. The molecule has 0 saturated heterocycles. The zero-order valence-electron chi connectivity index (χ0n) is 19.1. The molecule has 1 heterocycles. The molecule has 0 saturated carbocycles. The minimum atomic E-state index is -0.393. The monoisotopic (exact) mass is 467 g/mol. The van der Waals surface area contributed by atoms with E-state index in [1.165, 1.54) is 11.8 Å². The number of ether oxygens (including phenoxy) is 2. The zero-order chi connectivity index (χ0) is 23.6. The van der Waals surface area contributed by atoms with Gasteiger partial charge in [0.1, 0.15) is 0 Å². The molecule has 0 spiro atoms. The first kappa shape index (κ1) is 24.3. The van der Waals surface area contributed by atoms with Crippen molar-refractivity contribution in [2.45, 2.75) is 33.1 Å². The molecule has 0 aliphatic carbocycles. The fourth-order valence-corrected chi connectivity index (χ4v) is 4.28. The molecule has 1 aromatic heterocycles. The van der Waals surface area contributed by atoms with E-state index >= 15 is 0 Å². The number of nitrogens with zero attached hydrogens (tertiary/aromatic N) is 1. The molecular formula is C25H29N3O4S. The van der Waals surface area contributed by atoms with E-state index in [1.807, 2.05) is 19.1 Å². The Balaban J connectivity index is 1.65. The van der Waals surface area contributed by atoms with Crippen LogP contribution in [0.5, 0.6) is 11.5 Å². The van der Waals surface area contributed by atoms with E-state index in [1.54, 1.807) is 29.5 Å². The van der Waals surface area contributed by atoms with Crippen LogP contribution in [0.3, 0.4) is 0 Å². The van der Waals surface area contributed by atoms with Gasteiger partial charge >= 0.3 is 0 Å². The highest BCUT2D eigenvalue weighted by Gasteiger charge is 2.14. The van der Waals surface area contributed by atoms with Gasteiger partial charge in [-0.3, -0.25) is 9.59 Å². The van der Waals surface area contributed by atoms with Crippen molar-refractivity contribution in [3.05, 3.63) is 59.0 Å². The third kappa shape index (κ3) is 6.32. The van der Waals surface area contributed by atoms with Gasteiger partial charge in [0, 0.05) is 26.6 Å². The number of hydrogen-bond donors (Lipinski definition) is 2. The molecule has 0 unspecified atom stereocenters. The number of thiophene rings is 1. The Kier molecular flexibility index (Phi) is 8.83. The number of rotatable bonds is 11. The second-order valence-corrected chi connectivity index (χ2v) is 8.24. The maximum Gasteiger partial charge on any atom is 0.259 e. The number of fused-ring (bicyclic) bond motifs is 1. The van der Waals surface area contributed by atoms with Crippen molar-refractivity contribution in [2.75, 3.05) is 20.3 Å². The first-order valence-electron chi connectivity index (χ1n) is 11.0. The average molecular weight is 468 g/mol. The Bertz CT molecular complexity index is 1140. The molecule has 7 nitrogen and oxygen atoms in total. The van der Waals surface area contributed by atoms with E-state index in [0.717, 1.165) is 35.9 Å². The smallest absolute Gasteiger partial charge is 0.259 e. The Morgan fingerprint density at radius 2 is 1.91 bits per heavy atom. The van der Waals surface area contributed by atoms with Crippen molar-refractivity contribution in [1.29, 1.82) is 0 Å². The summed E-state index contributed by atoms with van der Waals surface area (Å²) < 4.78 is 11.9. The molecular weight excluding hydrogens is 438 g/mol. The summed E-state index contributed by atoms with van der Waals surface area (Å²) in [4.78, 5) is 24.9. The minimum absolute atomic E-state index is 0.191. The quantitative estimate of drug-likeness (QED) is 0.315. The molecule has 0 bridgehead atoms. The van der Waals surface area contributed by atoms with Crippen LogP contribution in [0.15, 0.2) is 52.9 Å². The fourth-order valence-electron chi connectivity index (χ4n) is 3.31. The van der Waals surface area contributed by atoms with E-state index in [2.05, 4.69) is 40.3 Å². The Labute approximate surface area is 197 Å². The minimum Gasteiger partial charge on any atom is -0.493 e. The van der Waals surface area contributed by atoms with E-state index < -0.39 is 5.91 Å². The van der Waals surface area contributed by atoms with E-state index in [9.17, 15) is 9.59 Å². The topological polar surface area (TPSA) is 89.0 Å². The molecule has 0 radical (unpaired) electrons. The summed E-state index contributed by atoms with van der Waals surface area (Å²) in [6.45, 7) is 4.23. The van der Waals surface area contributed by atoms with Gasteiger partial charge in [0.15, 0.2) is 11.5 Å². The summed E-state index contributed by atoms with van der Waals surface area (Å²) in [7, 11) is 1.54. The Morgan fingerprint density at radius 3 is 2.67 bits per heavy atom. The number of unbranched alkanes of at least 4 members (excludes halogenated alkanes) is 1. The first-order chi connectivity index (χ1) is 16.1. The third-order valence-corrected chi connectivity index (χ3v) is 5.97. The molecule has 2 amide bonds. The number of hydrazone groups is 1. The lowest BCUT2D eigenvalue weighted by atomic mass is 10.0. The number of nitrogens with one attached hydrogen (secondary N) is 2. The first-order valence-corrected chi connectivity index (χ1v) is 11.9. The van der Waals surface area contributed by atoms with Gasteiger partial charge < -0.3 is 14.8 Å². The summed E-state index contributed by atoms with van der Waals surface area (Å²) >= 11 is 1.66. The second kappa shape index (κ2) is 12.0. The molecule has 3 aromatic rings. The van der Waals surface area contributed by atoms with Crippen molar-refractivity contribution in [3.63, 3.8) is 0 Å². The van der Waals surface area contributed by atoms with Gasteiger partial charge in [0.05, 0.1) is 26.0 Å². The standard InChI is InChI=1S/C25H29N3O4S/c1-4-6-10-20(19-16-33-23-11-8-7-9-18(19)23)27-28-24(29)15-26-25(30)17-12-13-21(31-3)22(14-17)32-5-2/h7-9,11-14,16H,4-6,10,15H2,1-3H3,(H,26,30)(H,28,29). The molecule has 2 N–H and O–H groups in total. The lowest BCUT2D eigenvalue weighted by Crippen LogP contribution is -2.35. The van der Waals surface area contributed by atoms with E-state index in [-0.39, 0.29) is 12.5 Å². The number of carbonyl (C=O) groups is 2. The predicted molar refractivity (Wildman–Crippen MR) is 133 cm³/mol. The van der Waals surface area contributed by atoms with Crippen LogP contribution < -0.4 is 20.2 Å². The van der Waals surface area contributed by atoms with Gasteiger partial charge in [-0.25, -0.2) is 5.43 Å². The van der Waals surface area contributed by atoms with Crippen molar-refractivity contribution >= 4 is 38.9 Å². The van der Waals surface area contributed by atoms with Crippen molar-refractivity contribution in [3.8, 4) is 11.5 Å². The van der Waals surface area contributed by atoms with Crippen LogP contribution in [-0.2, 0) is 4.79 Å². The van der Waals surface area contributed by atoms with Crippen molar-refractivity contribution < 1.29 is 19.1 Å². The van der Waals surface area contributed by atoms with Crippen molar-refractivity contribution in [1.82, 2.24) is 10.7 Å². The van der Waals surface area contributed by atoms with Gasteiger partial charge in [0.2, 0.25) is 0 Å². The van der Waals surface area contributed by atoms with Crippen LogP contribution in [-0.4, -0.2) is 37.8 Å². The SMILES string of the molecule is CCCCC(=NNC(=O)CNC(=O)c1ccc(OC)c(OCC)c1)c1csc2ccccc12. The molecule has 8 heteroatoms. The zero-order valence-corrected chi connectivity index (χ0v) is 20.0.